The van der Waals surface area contributed by atoms with Crippen LogP contribution in [0.5, 0.6) is 0 Å². The number of hydrogen-bond acceptors (Lipinski definition) is 4. The van der Waals surface area contributed by atoms with E-state index in [9.17, 15) is 10.1 Å². The number of nitrogens with one attached hydrogen (secondary N) is 2. The largest absolute Gasteiger partial charge is 0.323 e. The number of fused-ring (bicyclic) bond motifs is 1. The molecule has 1 heterocycles. The Kier molecular flexibility index (Phi) is 5.87. The summed E-state index contributed by atoms with van der Waals surface area (Å²) in [7, 11) is 0. The van der Waals surface area contributed by atoms with Crippen LogP contribution in [0.3, 0.4) is 0 Å². The monoisotopic (exact) mass is 411 g/mol. The number of anilines is 1. The Bertz CT molecular complexity index is 946. The Balaban J connectivity index is 1.73. The Morgan fingerprint density at radius 3 is 2.57 bits per heavy atom. The van der Waals surface area contributed by atoms with Gasteiger partial charge in [-0.25, -0.2) is 0 Å². The van der Waals surface area contributed by atoms with Crippen molar-refractivity contribution < 1.29 is 4.79 Å². The zero-order valence-corrected chi connectivity index (χ0v) is 18.3. The van der Waals surface area contributed by atoms with E-state index >= 15 is 0 Å². The van der Waals surface area contributed by atoms with Crippen molar-refractivity contribution >= 4 is 39.6 Å². The van der Waals surface area contributed by atoms with E-state index in [0.29, 0.717) is 17.0 Å². The van der Waals surface area contributed by atoms with Gasteiger partial charge >= 0.3 is 0 Å². The third-order valence-electron chi connectivity index (χ3n) is 5.37. The molecular weight excluding hydrogens is 386 g/mol. The molecule has 6 heteroatoms. The van der Waals surface area contributed by atoms with Crippen LogP contribution in [-0.4, -0.2) is 11.0 Å². The van der Waals surface area contributed by atoms with Gasteiger partial charge < -0.3 is 5.32 Å². The first-order valence-electron chi connectivity index (χ1n) is 9.42. The Morgan fingerprint density at radius 2 is 1.96 bits per heavy atom. The van der Waals surface area contributed by atoms with Crippen molar-refractivity contribution in [3.63, 3.8) is 0 Å². The summed E-state index contributed by atoms with van der Waals surface area (Å²) >= 11 is 6.91. The van der Waals surface area contributed by atoms with Crippen LogP contribution in [0, 0.1) is 29.6 Å². The van der Waals surface area contributed by atoms with Crippen LogP contribution >= 0.6 is 23.6 Å². The van der Waals surface area contributed by atoms with E-state index in [1.807, 2.05) is 19.1 Å². The highest BCUT2D eigenvalue weighted by Crippen LogP contribution is 2.43. The average molecular weight is 412 g/mol. The lowest BCUT2D eigenvalue weighted by atomic mass is 9.72. The Hall–Kier alpha value is -2.23. The zero-order chi connectivity index (χ0) is 20.5. The maximum Gasteiger partial charge on any atom is 0.257 e. The Morgan fingerprint density at radius 1 is 1.29 bits per heavy atom. The summed E-state index contributed by atoms with van der Waals surface area (Å²) in [5.41, 5.74) is 3.70. The van der Waals surface area contributed by atoms with Gasteiger partial charge in [-0.05, 0) is 67.4 Å². The Labute approximate surface area is 176 Å². The second-order valence-corrected chi connectivity index (χ2v) is 9.91. The zero-order valence-electron chi connectivity index (χ0n) is 16.7. The molecule has 1 amide bonds. The van der Waals surface area contributed by atoms with Crippen molar-refractivity contribution in [2.75, 3.05) is 5.32 Å². The minimum Gasteiger partial charge on any atom is -0.323 e. The van der Waals surface area contributed by atoms with Gasteiger partial charge in [0.25, 0.3) is 5.91 Å². The molecule has 0 unspecified atom stereocenters. The van der Waals surface area contributed by atoms with Crippen molar-refractivity contribution in [2.24, 2.45) is 11.3 Å². The first-order valence-corrected chi connectivity index (χ1v) is 10.6. The lowest BCUT2D eigenvalue weighted by Crippen LogP contribution is -2.34. The summed E-state index contributed by atoms with van der Waals surface area (Å²) in [6.07, 6.45) is 3.00. The topological polar surface area (TPSA) is 64.9 Å². The molecule has 1 aliphatic carbocycles. The lowest BCUT2D eigenvalue weighted by Gasteiger charge is -2.33. The van der Waals surface area contributed by atoms with Crippen molar-refractivity contribution in [3.05, 3.63) is 51.4 Å². The number of nitriles is 1. The molecule has 28 heavy (non-hydrogen) atoms. The number of amides is 1. The SMILES string of the molecule is Cc1ccc(C(=O)NC(=S)Nc2sc3c(c2C#N)CC[C@H](C(C)(C)C)C3)cc1. The summed E-state index contributed by atoms with van der Waals surface area (Å²) in [4.78, 5) is 13.6. The molecule has 0 aliphatic heterocycles. The van der Waals surface area contributed by atoms with Crippen molar-refractivity contribution in [2.45, 2.75) is 47.0 Å². The highest BCUT2D eigenvalue weighted by atomic mass is 32.1. The number of carbonyl (C=O) groups excluding carboxylic acids is 1. The van der Waals surface area contributed by atoms with Crippen LogP contribution < -0.4 is 10.6 Å². The van der Waals surface area contributed by atoms with Crippen molar-refractivity contribution in [3.8, 4) is 6.07 Å². The summed E-state index contributed by atoms with van der Waals surface area (Å²) in [5.74, 6) is 0.344. The number of hydrogen-bond donors (Lipinski definition) is 2. The molecule has 0 radical (unpaired) electrons. The molecular formula is C22H25N3OS2. The predicted octanol–water partition coefficient (Wildman–Crippen LogP) is 5.21. The maximum absolute atomic E-state index is 12.4. The fraction of sp³-hybridized carbons (Fsp3) is 0.409. The molecule has 0 fully saturated rings. The molecule has 1 aromatic heterocycles. The van der Waals surface area contributed by atoms with Crippen LogP contribution in [0.2, 0.25) is 0 Å². The fourth-order valence-corrected chi connectivity index (χ4v) is 5.09. The molecule has 0 saturated heterocycles. The number of aryl methyl sites for hydroxylation is 1. The number of thiocarbonyl (C=S) groups is 1. The summed E-state index contributed by atoms with van der Waals surface area (Å²) in [6.45, 7) is 8.79. The molecule has 0 saturated carbocycles. The van der Waals surface area contributed by atoms with Crippen molar-refractivity contribution in [1.82, 2.24) is 5.32 Å². The second-order valence-electron chi connectivity index (χ2n) is 8.40. The summed E-state index contributed by atoms with van der Waals surface area (Å²) < 4.78 is 0. The molecule has 0 bridgehead atoms. The smallest absolute Gasteiger partial charge is 0.257 e. The van der Waals surface area contributed by atoms with E-state index in [4.69, 9.17) is 12.2 Å². The van der Waals surface area contributed by atoms with Gasteiger partial charge in [-0.3, -0.25) is 10.1 Å². The number of nitrogens with zero attached hydrogens (tertiary/aromatic N) is 1. The first-order chi connectivity index (χ1) is 13.2. The third-order valence-corrected chi connectivity index (χ3v) is 6.74. The van der Waals surface area contributed by atoms with E-state index in [-0.39, 0.29) is 16.4 Å². The number of rotatable bonds is 2. The average Bonchev–Trinajstić information content (AvgIpc) is 2.97. The normalized spacial score (nSPS) is 16.0. The third kappa shape index (κ3) is 4.43. The molecule has 2 N–H and O–H groups in total. The molecule has 1 aliphatic rings. The standard InChI is InChI=1S/C22H25N3OS2/c1-13-5-7-14(8-6-13)19(26)24-21(27)25-20-17(12-23)16-10-9-15(22(2,3)4)11-18(16)28-20/h5-8,15H,9-11H2,1-4H3,(H2,24,25,26,27)/t15-/m0/s1. The molecule has 3 rings (SSSR count). The second kappa shape index (κ2) is 8.02. The van der Waals surface area contributed by atoms with Crippen LogP contribution in [0.1, 0.15) is 59.1 Å². The fourth-order valence-electron chi connectivity index (χ4n) is 3.55. The van der Waals surface area contributed by atoms with Gasteiger partial charge in [-0.15, -0.1) is 11.3 Å². The number of carbonyl (C=O) groups is 1. The van der Waals surface area contributed by atoms with Crippen molar-refractivity contribution in [1.29, 1.82) is 5.26 Å². The molecule has 2 aromatic rings. The molecule has 146 valence electrons. The highest BCUT2D eigenvalue weighted by molar-refractivity contribution is 7.80. The maximum atomic E-state index is 12.4. The van der Waals surface area contributed by atoms with E-state index in [0.717, 1.165) is 35.4 Å². The predicted molar refractivity (Wildman–Crippen MR) is 119 cm³/mol. The van der Waals surface area contributed by atoms with Crippen LogP contribution in [0.4, 0.5) is 5.00 Å². The number of benzene rings is 1. The molecule has 4 nitrogen and oxygen atoms in total. The quantitative estimate of drug-likeness (QED) is 0.666. The van der Waals surface area contributed by atoms with Crippen LogP contribution in [0.25, 0.3) is 0 Å². The van der Waals surface area contributed by atoms with Gasteiger partial charge in [0.1, 0.15) is 11.1 Å². The highest BCUT2D eigenvalue weighted by Gasteiger charge is 2.32. The van der Waals surface area contributed by atoms with Gasteiger partial charge in [0.2, 0.25) is 0 Å². The van der Waals surface area contributed by atoms with Gasteiger partial charge in [0, 0.05) is 10.4 Å². The van der Waals surface area contributed by atoms with E-state index in [1.165, 1.54) is 4.88 Å². The summed E-state index contributed by atoms with van der Waals surface area (Å²) in [6, 6.07) is 9.64. The molecule has 1 aromatic carbocycles. The minimum absolute atomic E-state index is 0.216. The van der Waals surface area contributed by atoms with E-state index < -0.39 is 0 Å². The number of thiophene rings is 1. The van der Waals surface area contributed by atoms with Crippen LogP contribution in [0.15, 0.2) is 24.3 Å². The van der Waals surface area contributed by atoms with Gasteiger partial charge in [0.05, 0.1) is 5.56 Å². The van der Waals surface area contributed by atoms with Gasteiger partial charge in [-0.2, -0.15) is 5.26 Å². The van der Waals surface area contributed by atoms with Crippen LogP contribution in [-0.2, 0) is 12.8 Å². The van der Waals surface area contributed by atoms with Gasteiger partial charge in [0.15, 0.2) is 5.11 Å². The molecule has 0 spiro atoms. The summed E-state index contributed by atoms with van der Waals surface area (Å²) in [5, 5.41) is 16.4. The van der Waals surface area contributed by atoms with Gasteiger partial charge in [-0.1, -0.05) is 38.5 Å². The first kappa shape index (κ1) is 20.5. The van der Waals surface area contributed by atoms with E-state index in [1.54, 1.807) is 23.5 Å². The lowest BCUT2D eigenvalue weighted by molar-refractivity contribution is 0.0977. The van der Waals surface area contributed by atoms with E-state index in [2.05, 4.69) is 37.5 Å². The minimum atomic E-state index is -0.259. The molecule has 1 atom stereocenters.